The minimum Gasteiger partial charge on any atom is -0.469 e. The second-order valence-corrected chi connectivity index (χ2v) is 4.49. The van der Waals surface area contributed by atoms with Gasteiger partial charge in [0.25, 0.3) is 0 Å². The minimum absolute atomic E-state index is 0.0595. The van der Waals surface area contributed by atoms with Crippen LogP contribution in [0.1, 0.15) is 32.1 Å². The molecule has 1 N–H and O–H groups in total. The van der Waals surface area contributed by atoms with Crippen LogP contribution in [0, 0.1) is 0 Å². The number of ether oxygens (including phenoxy) is 2. The third-order valence-corrected chi connectivity index (χ3v) is 3.48. The molecule has 1 spiro atoms. The van der Waals surface area contributed by atoms with Crippen LogP contribution in [0.4, 0.5) is 0 Å². The number of esters is 1. The Labute approximate surface area is 90.3 Å². The van der Waals surface area contributed by atoms with Crippen molar-refractivity contribution in [1.82, 2.24) is 5.32 Å². The SMILES string of the molecule is COC(=O)C[C@H]1CCC2(CCNCC2)O1. The van der Waals surface area contributed by atoms with Crippen molar-refractivity contribution in [2.45, 2.75) is 43.8 Å². The molecule has 2 fully saturated rings. The summed E-state index contributed by atoms with van der Waals surface area (Å²) in [5.41, 5.74) is 0.0595. The molecule has 0 aromatic carbocycles. The van der Waals surface area contributed by atoms with Gasteiger partial charge in [-0.05, 0) is 38.8 Å². The Hall–Kier alpha value is -0.610. The number of nitrogens with one attached hydrogen (secondary N) is 1. The standard InChI is InChI=1S/C11H19NO3/c1-14-10(13)8-9-2-3-11(15-9)4-6-12-7-5-11/h9,12H,2-8H2,1H3/t9-/m1/s1. The summed E-state index contributed by atoms with van der Waals surface area (Å²) < 4.78 is 10.7. The molecule has 15 heavy (non-hydrogen) atoms. The molecule has 2 aliphatic heterocycles. The van der Waals surface area contributed by atoms with E-state index < -0.39 is 0 Å². The summed E-state index contributed by atoms with van der Waals surface area (Å²) in [4.78, 5) is 11.1. The molecule has 0 saturated carbocycles. The molecule has 0 aromatic heterocycles. The van der Waals surface area contributed by atoms with Crippen LogP contribution in [-0.4, -0.2) is 37.9 Å². The number of methoxy groups -OCH3 is 1. The highest BCUT2D eigenvalue weighted by molar-refractivity contribution is 5.69. The van der Waals surface area contributed by atoms with Gasteiger partial charge < -0.3 is 14.8 Å². The summed E-state index contributed by atoms with van der Waals surface area (Å²) in [6.45, 7) is 2.07. The van der Waals surface area contributed by atoms with E-state index in [-0.39, 0.29) is 17.7 Å². The van der Waals surface area contributed by atoms with Crippen molar-refractivity contribution in [2.75, 3.05) is 20.2 Å². The Morgan fingerprint density at radius 1 is 1.47 bits per heavy atom. The zero-order valence-electron chi connectivity index (χ0n) is 9.25. The predicted molar refractivity (Wildman–Crippen MR) is 55.6 cm³/mol. The highest BCUT2D eigenvalue weighted by atomic mass is 16.5. The molecule has 0 amide bonds. The summed E-state index contributed by atoms with van der Waals surface area (Å²) in [7, 11) is 1.43. The van der Waals surface area contributed by atoms with Crippen molar-refractivity contribution in [2.24, 2.45) is 0 Å². The molecule has 0 bridgehead atoms. The third-order valence-electron chi connectivity index (χ3n) is 3.48. The highest BCUT2D eigenvalue weighted by Crippen LogP contribution is 2.38. The van der Waals surface area contributed by atoms with Gasteiger partial charge in [-0.25, -0.2) is 0 Å². The average molecular weight is 213 g/mol. The number of rotatable bonds is 2. The Kier molecular flexibility index (Phi) is 3.26. The molecule has 86 valence electrons. The predicted octanol–water partition coefficient (Wildman–Crippen LogP) is 0.851. The molecule has 2 heterocycles. The van der Waals surface area contributed by atoms with Crippen molar-refractivity contribution < 1.29 is 14.3 Å². The summed E-state index contributed by atoms with van der Waals surface area (Å²) in [6.07, 6.45) is 4.72. The minimum atomic E-state index is -0.161. The van der Waals surface area contributed by atoms with E-state index in [9.17, 15) is 4.79 Å². The largest absolute Gasteiger partial charge is 0.469 e. The lowest BCUT2D eigenvalue weighted by molar-refractivity contribution is -0.145. The number of carbonyl (C=O) groups is 1. The molecule has 0 radical (unpaired) electrons. The van der Waals surface area contributed by atoms with E-state index >= 15 is 0 Å². The van der Waals surface area contributed by atoms with E-state index in [0.29, 0.717) is 6.42 Å². The Balaban J connectivity index is 1.85. The van der Waals surface area contributed by atoms with Crippen LogP contribution in [-0.2, 0) is 14.3 Å². The van der Waals surface area contributed by atoms with E-state index in [1.807, 2.05) is 0 Å². The van der Waals surface area contributed by atoms with Gasteiger partial charge in [0.2, 0.25) is 0 Å². The smallest absolute Gasteiger partial charge is 0.308 e. The van der Waals surface area contributed by atoms with Gasteiger partial charge in [0.15, 0.2) is 0 Å². The van der Waals surface area contributed by atoms with Crippen LogP contribution in [0.3, 0.4) is 0 Å². The summed E-state index contributed by atoms with van der Waals surface area (Å²) in [5.74, 6) is -0.161. The second kappa shape index (κ2) is 4.49. The molecule has 4 nitrogen and oxygen atoms in total. The van der Waals surface area contributed by atoms with Crippen LogP contribution >= 0.6 is 0 Å². The van der Waals surface area contributed by atoms with Gasteiger partial charge in [-0.1, -0.05) is 0 Å². The Morgan fingerprint density at radius 3 is 2.87 bits per heavy atom. The molecular formula is C11H19NO3. The lowest BCUT2D eigenvalue weighted by Crippen LogP contribution is -2.42. The molecule has 0 unspecified atom stereocenters. The number of hydrogen-bond donors (Lipinski definition) is 1. The van der Waals surface area contributed by atoms with Crippen LogP contribution in [0.5, 0.6) is 0 Å². The normalized spacial score (nSPS) is 29.3. The molecule has 2 saturated heterocycles. The first-order chi connectivity index (χ1) is 7.24. The van der Waals surface area contributed by atoms with E-state index in [1.165, 1.54) is 7.11 Å². The molecule has 2 rings (SSSR count). The van der Waals surface area contributed by atoms with E-state index in [4.69, 9.17) is 4.74 Å². The Morgan fingerprint density at radius 2 is 2.20 bits per heavy atom. The summed E-state index contributed by atoms with van der Waals surface area (Å²) in [6, 6.07) is 0. The Bertz CT molecular complexity index is 236. The first kappa shape index (κ1) is 10.9. The van der Waals surface area contributed by atoms with Gasteiger partial charge in [0, 0.05) is 0 Å². The van der Waals surface area contributed by atoms with E-state index in [2.05, 4.69) is 10.1 Å². The van der Waals surface area contributed by atoms with E-state index in [1.54, 1.807) is 0 Å². The van der Waals surface area contributed by atoms with Gasteiger partial charge in [-0.15, -0.1) is 0 Å². The van der Waals surface area contributed by atoms with Crippen LogP contribution < -0.4 is 5.32 Å². The quantitative estimate of drug-likeness (QED) is 0.691. The topological polar surface area (TPSA) is 47.6 Å². The molecular weight excluding hydrogens is 194 g/mol. The van der Waals surface area contributed by atoms with Crippen molar-refractivity contribution in [3.8, 4) is 0 Å². The number of piperidine rings is 1. The fraction of sp³-hybridized carbons (Fsp3) is 0.909. The maximum absolute atomic E-state index is 11.1. The first-order valence-electron chi connectivity index (χ1n) is 5.69. The van der Waals surface area contributed by atoms with Crippen LogP contribution in [0.2, 0.25) is 0 Å². The zero-order chi connectivity index (χ0) is 10.7. The highest BCUT2D eigenvalue weighted by Gasteiger charge is 2.41. The molecule has 0 aliphatic carbocycles. The molecule has 0 aromatic rings. The fourth-order valence-corrected chi connectivity index (χ4v) is 2.56. The fourth-order valence-electron chi connectivity index (χ4n) is 2.56. The average Bonchev–Trinajstić information content (AvgIpc) is 2.62. The van der Waals surface area contributed by atoms with Gasteiger partial charge >= 0.3 is 5.97 Å². The molecule has 4 heteroatoms. The second-order valence-electron chi connectivity index (χ2n) is 4.49. The first-order valence-corrected chi connectivity index (χ1v) is 5.69. The van der Waals surface area contributed by atoms with Gasteiger partial charge in [-0.3, -0.25) is 4.79 Å². The molecule has 1 atom stereocenters. The zero-order valence-corrected chi connectivity index (χ0v) is 9.25. The lowest BCUT2D eigenvalue weighted by atomic mass is 9.89. The van der Waals surface area contributed by atoms with Crippen molar-refractivity contribution in [3.63, 3.8) is 0 Å². The molecule has 2 aliphatic rings. The van der Waals surface area contributed by atoms with Crippen molar-refractivity contribution in [3.05, 3.63) is 0 Å². The lowest BCUT2D eigenvalue weighted by Gasteiger charge is -2.33. The maximum Gasteiger partial charge on any atom is 0.308 e. The van der Waals surface area contributed by atoms with Crippen LogP contribution in [0.25, 0.3) is 0 Å². The van der Waals surface area contributed by atoms with Gasteiger partial charge in [0.05, 0.1) is 25.2 Å². The van der Waals surface area contributed by atoms with E-state index in [0.717, 1.165) is 38.8 Å². The number of carbonyl (C=O) groups excluding carboxylic acids is 1. The maximum atomic E-state index is 11.1. The van der Waals surface area contributed by atoms with Crippen molar-refractivity contribution >= 4 is 5.97 Å². The number of hydrogen-bond acceptors (Lipinski definition) is 4. The monoisotopic (exact) mass is 213 g/mol. The van der Waals surface area contributed by atoms with Crippen molar-refractivity contribution in [1.29, 1.82) is 0 Å². The summed E-state index contributed by atoms with van der Waals surface area (Å²) >= 11 is 0. The third kappa shape index (κ3) is 2.49. The van der Waals surface area contributed by atoms with Gasteiger partial charge in [0.1, 0.15) is 0 Å². The van der Waals surface area contributed by atoms with Gasteiger partial charge in [-0.2, -0.15) is 0 Å². The summed E-state index contributed by atoms with van der Waals surface area (Å²) in [5, 5.41) is 3.33. The van der Waals surface area contributed by atoms with Crippen LogP contribution in [0.15, 0.2) is 0 Å².